The molecule has 0 bridgehead atoms. The number of amides is 1. The highest BCUT2D eigenvalue weighted by molar-refractivity contribution is 5.95. The maximum absolute atomic E-state index is 12.3. The lowest BCUT2D eigenvalue weighted by molar-refractivity contribution is 0.0717. The zero-order valence-electron chi connectivity index (χ0n) is 12.6. The lowest BCUT2D eigenvalue weighted by Gasteiger charge is -2.28. The smallest absolute Gasteiger partial charge is 0.251 e. The Morgan fingerprint density at radius 3 is 2.76 bits per heavy atom. The van der Waals surface area contributed by atoms with Gasteiger partial charge in [-0.05, 0) is 38.0 Å². The second-order valence-electron chi connectivity index (χ2n) is 5.23. The fourth-order valence-electron chi connectivity index (χ4n) is 2.62. The highest BCUT2D eigenvalue weighted by atomic mass is 16.5. The predicted molar refractivity (Wildman–Crippen MR) is 79.9 cm³/mol. The van der Waals surface area contributed by atoms with E-state index in [1.165, 1.54) is 0 Å². The van der Waals surface area contributed by atoms with Gasteiger partial charge >= 0.3 is 0 Å². The van der Waals surface area contributed by atoms with Gasteiger partial charge in [-0.1, -0.05) is 12.8 Å². The molecule has 1 fully saturated rings. The molecule has 2 N–H and O–H groups in total. The highest BCUT2D eigenvalue weighted by Crippen LogP contribution is 2.28. The van der Waals surface area contributed by atoms with Crippen LogP contribution in [0.3, 0.4) is 0 Å². The lowest BCUT2D eigenvalue weighted by Crippen LogP contribution is -2.45. The van der Waals surface area contributed by atoms with Gasteiger partial charge in [-0.3, -0.25) is 4.79 Å². The number of aliphatic hydroxyl groups excluding tert-OH is 1. The summed E-state index contributed by atoms with van der Waals surface area (Å²) in [6.07, 6.45) is 3.17. The molecule has 0 spiro atoms. The van der Waals surface area contributed by atoms with Gasteiger partial charge in [0.25, 0.3) is 5.91 Å². The Kier molecular flexibility index (Phi) is 5.44. The fourth-order valence-corrected chi connectivity index (χ4v) is 2.62. The third kappa shape index (κ3) is 3.88. The summed E-state index contributed by atoms with van der Waals surface area (Å²) < 4.78 is 10.7. The molecule has 1 saturated carbocycles. The predicted octanol–water partition coefficient (Wildman–Crippen LogP) is 2.13. The summed E-state index contributed by atoms with van der Waals surface area (Å²) in [6.45, 7) is 2.38. The average Bonchev–Trinajstić information content (AvgIpc) is 2.50. The molecule has 0 unspecified atom stereocenters. The van der Waals surface area contributed by atoms with Gasteiger partial charge in [0.2, 0.25) is 0 Å². The lowest BCUT2D eigenvalue weighted by atomic mass is 9.92. The van der Waals surface area contributed by atoms with Crippen LogP contribution in [0.15, 0.2) is 18.2 Å². The summed E-state index contributed by atoms with van der Waals surface area (Å²) in [5.41, 5.74) is 0.511. The molecule has 0 heterocycles. The van der Waals surface area contributed by atoms with E-state index in [0.29, 0.717) is 23.7 Å². The van der Waals surface area contributed by atoms with Crippen LogP contribution in [-0.2, 0) is 0 Å². The molecule has 1 aliphatic rings. The number of hydrogen-bond acceptors (Lipinski definition) is 4. The summed E-state index contributed by atoms with van der Waals surface area (Å²) in [5, 5.41) is 12.8. The van der Waals surface area contributed by atoms with Crippen molar-refractivity contribution in [3.8, 4) is 11.5 Å². The van der Waals surface area contributed by atoms with Gasteiger partial charge < -0.3 is 19.9 Å². The Bertz CT molecular complexity index is 489. The van der Waals surface area contributed by atoms with E-state index >= 15 is 0 Å². The first-order valence-electron chi connectivity index (χ1n) is 7.45. The van der Waals surface area contributed by atoms with Crippen molar-refractivity contribution in [3.63, 3.8) is 0 Å². The number of methoxy groups -OCH3 is 1. The molecule has 1 aromatic carbocycles. The number of carbonyl (C=O) groups is 1. The molecule has 2 atom stereocenters. The Hall–Kier alpha value is -1.75. The average molecular weight is 293 g/mol. The van der Waals surface area contributed by atoms with Gasteiger partial charge in [-0.25, -0.2) is 0 Å². The summed E-state index contributed by atoms with van der Waals surface area (Å²) in [7, 11) is 1.57. The van der Waals surface area contributed by atoms with Gasteiger partial charge in [0.05, 0.1) is 25.9 Å². The van der Waals surface area contributed by atoms with Gasteiger partial charge in [0, 0.05) is 5.56 Å². The van der Waals surface area contributed by atoms with Crippen molar-refractivity contribution in [2.75, 3.05) is 13.7 Å². The molecule has 5 heteroatoms. The van der Waals surface area contributed by atoms with E-state index < -0.39 is 6.10 Å². The highest BCUT2D eigenvalue weighted by Gasteiger charge is 2.25. The largest absolute Gasteiger partial charge is 0.493 e. The number of ether oxygens (including phenoxy) is 2. The summed E-state index contributed by atoms with van der Waals surface area (Å²) >= 11 is 0. The first kappa shape index (κ1) is 15.6. The molecule has 0 aliphatic heterocycles. The Labute approximate surface area is 125 Å². The van der Waals surface area contributed by atoms with E-state index in [9.17, 15) is 9.90 Å². The Balaban J connectivity index is 2.09. The van der Waals surface area contributed by atoms with Gasteiger partial charge in [0.1, 0.15) is 0 Å². The first-order valence-corrected chi connectivity index (χ1v) is 7.45. The van der Waals surface area contributed by atoms with Crippen LogP contribution in [0.5, 0.6) is 11.5 Å². The van der Waals surface area contributed by atoms with Crippen LogP contribution in [0, 0.1) is 0 Å². The number of carbonyl (C=O) groups excluding carboxylic acids is 1. The Morgan fingerprint density at radius 2 is 2.10 bits per heavy atom. The summed E-state index contributed by atoms with van der Waals surface area (Å²) in [4.78, 5) is 12.3. The molecule has 1 aromatic rings. The van der Waals surface area contributed by atoms with Crippen molar-refractivity contribution < 1.29 is 19.4 Å². The molecular formula is C16H23NO4. The third-order valence-electron chi connectivity index (χ3n) is 3.77. The van der Waals surface area contributed by atoms with Gasteiger partial charge in [0.15, 0.2) is 11.5 Å². The molecule has 0 saturated heterocycles. The zero-order chi connectivity index (χ0) is 15.2. The van der Waals surface area contributed by atoms with E-state index in [1.807, 2.05) is 6.92 Å². The van der Waals surface area contributed by atoms with Crippen molar-refractivity contribution in [3.05, 3.63) is 23.8 Å². The van der Waals surface area contributed by atoms with Crippen LogP contribution >= 0.6 is 0 Å². The van der Waals surface area contributed by atoms with Crippen LogP contribution in [0.1, 0.15) is 43.0 Å². The van der Waals surface area contributed by atoms with E-state index in [-0.39, 0.29) is 11.9 Å². The quantitative estimate of drug-likeness (QED) is 0.872. The molecule has 2 rings (SSSR count). The normalized spacial score (nSPS) is 21.7. The van der Waals surface area contributed by atoms with Crippen molar-refractivity contribution >= 4 is 5.91 Å². The van der Waals surface area contributed by atoms with Crippen LogP contribution < -0.4 is 14.8 Å². The molecule has 1 aliphatic carbocycles. The van der Waals surface area contributed by atoms with Crippen molar-refractivity contribution in [1.29, 1.82) is 0 Å². The maximum Gasteiger partial charge on any atom is 0.251 e. The standard InChI is InChI=1S/C16H23NO4/c1-3-21-15-10-11(8-9-14(15)20-2)16(19)17-12-6-4-5-7-13(12)18/h8-10,12-13,18H,3-7H2,1-2H3,(H,17,19)/t12-,13-/m0/s1. The van der Waals surface area contributed by atoms with Gasteiger partial charge in [-0.15, -0.1) is 0 Å². The first-order chi connectivity index (χ1) is 10.2. The van der Waals surface area contributed by atoms with Crippen LogP contribution in [0.2, 0.25) is 0 Å². The minimum absolute atomic E-state index is 0.163. The van der Waals surface area contributed by atoms with E-state index in [4.69, 9.17) is 9.47 Å². The molecule has 0 aromatic heterocycles. The van der Waals surface area contributed by atoms with E-state index in [0.717, 1.165) is 25.7 Å². The van der Waals surface area contributed by atoms with Crippen LogP contribution in [0.4, 0.5) is 0 Å². The maximum atomic E-state index is 12.3. The minimum atomic E-state index is -0.452. The van der Waals surface area contributed by atoms with E-state index in [2.05, 4.69) is 5.32 Å². The van der Waals surface area contributed by atoms with Crippen LogP contribution in [-0.4, -0.2) is 36.9 Å². The summed E-state index contributed by atoms with van der Waals surface area (Å²) in [5.74, 6) is 0.965. The number of nitrogens with one attached hydrogen (secondary N) is 1. The van der Waals surface area contributed by atoms with Crippen LogP contribution in [0.25, 0.3) is 0 Å². The van der Waals surface area contributed by atoms with Crippen molar-refractivity contribution in [2.24, 2.45) is 0 Å². The second-order valence-corrected chi connectivity index (χ2v) is 5.23. The van der Waals surface area contributed by atoms with Crippen molar-refractivity contribution in [2.45, 2.75) is 44.8 Å². The topological polar surface area (TPSA) is 67.8 Å². The third-order valence-corrected chi connectivity index (χ3v) is 3.77. The molecule has 116 valence electrons. The molecule has 0 radical (unpaired) electrons. The van der Waals surface area contributed by atoms with Gasteiger partial charge in [-0.2, -0.15) is 0 Å². The molecular weight excluding hydrogens is 270 g/mol. The minimum Gasteiger partial charge on any atom is -0.493 e. The summed E-state index contributed by atoms with van der Waals surface area (Å²) in [6, 6.07) is 4.93. The molecule has 1 amide bonds. The Morgan fingerprint density at radius 1 is 1.33 bits per heavy atom. The SMILES string of the molecule is CCOc1cc(C(=O)N[C@H]2CCCC[C@@H]2O)ccc1OC. The number of benzene rings is 1. The fraction of sp³-hybridized carbons (Fsp3) is 0.562. The second kappa shape index (κ2) is 7.31. The zero-order valence-corrected chi connectivity index (χ0v) is 12.6. The van der Waals surface area contributed by atoms with Crippen molar-refractivity contribution in [1.82, 2.24) is 5.32 Å². The number of aliphatic hydroxyl groups is 1. The molecule has 21 heavy (non-hydrogen) atoms. The number of hydrogen-bond donors (Lipinski definition) is 2. The monoisotopic (exact) mass is 293 g/mol. The number of rotatable bonds is 5. The van der Waals surface area contributed by atoms with E-state index in [1.54, 1.807) is 25.3 Å². The molecule has 5 nitrogen and oxygen atoms in total.